The first-order valence-corrected chi connectivity index (χ1v) is 7.59. The van der Waals surface area contributed by atoms with Gasteiger partial charge in [-0.2, -0.15) is 4.98 Å². The summed E-state index contributed by atoms with van der Waals surface area (Å²) in [5.41, 5.74) is 0.459. The number of carbonyl (C=O) groups excluding carboxylic acids is 1. The van der Waals surface area contributed by atoms with Gasteiger partial charge in [-0.1, -0.05) is 5.16 Å². The fourth-order valence-electron chi connectivity index (χ4n) is 3.07. The number of rotatable bonds is 3. The molecule has 2 saturated carbocycles. The number of urea groups is 1. The number of hydrogen-bond donors (Lipinski definition) is 1. The van der Waals surface area contributed by atoms with Crippen molar-refractivity contribution in [3.8, 4) is 0 Å². The molecule has 1 aliphatic heterocycles. The Morgan fingerprint density at radius 3 is 3.00 bits per heavy atom. The topological polar surface area (TPSA) is 71.3 Å². The molecule has 6 nitrogen and oxygen atoms in total. The zero-order chi connectivity index (χ0) is 13.6. The highest BCUT2D eigenvalue weighted by atomic mass is 16.5. The van der Waals surface area contributed by atoms with Gasteiger partial charge in [0.1, 0.15) is 0 Å². The molecule has 3 aliphatic rings. The summed E-state index contributed by atoms with van der Waals surface area (Å²) in [5, 5.41) is 6.82. The lowest BCUT2D eigenvalue weighted by molar-refractivity contribution is 0.157. The average Bonchev–Trinajstić information content (AvgIpc) is 3.39. The molecule has 2 amide bonds. The summed E-state index contributed by atoms with van der Waals surface area (Å²) in [7, 11) is 0. The molecule has 6 heteroatoms. The van der Waals surface area contributed by atoms with Crippen LogP contribution >= 0.6 is 0 Å². The van der Waals surface area contributed by atoms with Gasteiger partial charge in [-0.05, 0) is 43.9 Å². The smallest absolute Gasteiger partial charge is 0.317 e. The second-order valence-electron chi connectivity index (χ2n) is 6.51. The van der Waals surface area contributed by atoms with Crippen molar-refractivity contribution >= 4 is 6.03 Å². The van der Waals surface area contributed by atoms with Crippen molar-refractivity contribution in [2.24, 2.45) is 5.41 Å². The van der Waals surface area contributed by atoms with E-state index >= 15 is 0 Å². The van der Waals surface area contributed by atoms with Gasteiger partial charge >= 0.3 is 6.03 Å². The summed E-state index contributed by atoms with van der Waals surface area (Å²) < 4.78 is 5.18. The van der Waals surface area contributed by atoms with Crippen LogP contribution in [0, 0.1) is 5.41 Å². The molecular formula is C14H20N4O2. The van der Waals surface area contributed by atoms with E-state index in [2.05, 4.69) is 15.5 Å². The van der Waals surface area contributed by atoms with Gasteiger partial charge < -0.3 is 14.7 Å². The van der Waals surface area contributed by atoms with Gasteiger partial charge in [0.15, 0.2) is 5.82 Å². The van der Waals surface area contributed by atoms with Gasteiger partial charge in [-0.25, -0.2) is 4.79 Å². The van der Waals surface area contributed by atoms with E-state index in [1.165, 1.54) is 19.3 Å². The van der Waals surface area contributed by atoms with Crippen LogP contribution in [0.25, 0.3) is 0 Å². The lowest BCUT2D eigenvalue weighted by Gasteiger charge is -2.32. The third kappa shape index (κ3) is 2.39. The van der Waals surface area contributed by atoms with E-state index in [-0.39, 0.29) is 6.03 Å². The molecule has 20 heavy (non-hydrogen) atoms. The van der Waals surface area contributed by atoms with E-state index in [1.54, 1.807) is 0 Å². The molecule has 108 valence electrons. The molecule has 2 aliphatic carbocycles. The summed E-state index contributed by atoms with van der Waals surface area (Å²) in [6.07, 6.45) is 7.26. The van der Waals surface area contributed by atoms with Gasteiger partial charge in [-0.3, -0.25) is 0 Å². The van der Waals surface area contributed by atoms with Gasteiger partial charge in [0, 0.05) is 19.0 Å². The van der Waals surface area contributed by atoms with Crippen LogP contribution in [0.5, 0.6) is 0 Å². The first-order valence-electron chi connectivity index (χ1n) is 7.59. The number of aromatic nitrogens is 2. The van der Waals surface area contributed by atoms with E-state index in [0.29, 0.717) is 23.7 Å². The Morgan fingerprint density at radius 1 is 1.40 bits per heavy atom. The molecule has 0 atom stereocenters. The normalized spacial score (nSPS) is 23.9. The summed E-state index contributed by atoms with van der Waals surface area (Å²) in [4.78, 5) is 18.4. The molecule has 1 spiro atoms. The third-order valence-corrected chi connectivity index (χ3v) is 4.71. The minimum Gasteiger partial charge on any atom is -0.339 e. The molecular weight excluding hydrogens is 256 g/mol. The van der Waals surface area contributed by atoms with Gasteiger partial charge in [0.25, 0.3) is 0 Å². The van der Waals surface area contributed by atoms with Crippen molar-refractivity contribution < 1.29 is 9.32 Å². The molecule has 1 N–H and O–H groups in total. The third-order valence-electron chi connectivity index (χ3n) is 4.71. The van der Waals surface area contributed by atoms with E-state index in [9.17, 15) is 4.79 Å². The molecule has 3 fully saturated rings. The molecule has 2 heterocycles. The number of carbonyl (C=O) groups is 1. The average molecular weight is 276 g/mol. The highest BCUT2D eigenvalue weighted by molar-refractivity contribution is 5.74. The molecule has 1 saturated heterocycles. The van der Waals surface area contributed by atoms with Crippen LogP contribution < -0.4 is 5.32 Å². The number of amides is 2. The monoisotopic (exact) mass is 276 g/mol. The van der Waals surface area contributed by atoms with Crippen molar-refractivity contribution in [1.82, 2.24) is 20.4 Å². The fraction of sp³-hybridized carbons (Fsp3) is 0.786. The fourth-order valence-corrected chi connectivity index (χ4v) is 3.07. The van der Waals surface area contributed by atoms with Crippen LogP contribution in [0.2, 0.25) is 0 Å². The SMILES string of the molecule is O=C(NCc1noc(C2CC2)n1)N1CCCC2(CC2)C1. The second kappa shape index (κ2) is 4.46. The molecule has 0 unspecified atom stereocenters. The maximum absolute atomic E-state index is 12.2. The van der Waals surface area contributed by atoms with Crippen LogP contribution in [0.15, 0.2) is 4.52 Å². The van der Waals surface area contributed by atoms with E-state index in [1.807, 2.05) is 4.90 Å². The largest absolute Gasteiger partial charge is 0.339 e. The Hall–Kier alpha value is -1.59. The van der Waals surface area contributed by atoms with Crippen LogP contribution in [0.4, 0.5) is 4.79 Å². The quantitative estimate of drug-likeness (QED) is 0.917. The number of hydrogen-bond acceptors (Lipinski definition) is 4. The summed E-state index contributed by atoms with van der Waals surface area (Å²) in [6, 6.07) is 0.00810. The number of likely N-dealkylation sites (tertiary alicyclic amines) is 1. The van der Waals surface area contributed by atoms with Crippen LogP contribution in [0.1, 0.15) is 56.2 Å². The maximum Gasteiger partial charge on any atom is 0.317 e. The van der Waals surface area contributed by atoms with Crippen molar-refractivity contribution in [1.29, 1.82) is 0 Å². The van der Waals surface area contributed by atoms with Gasteiger partial charge in [0.2, 0.25) is 5.89 Å². The van der Waals surface area contributed by atoms with Gasteiger partial charge in [-0.15, -0.1) is 0 Å². The zero-order valence-electron chi connectivity index (χ0n) is 11.6. The summed E-state index contributed by atoms with van der Waals surface area (Å²) in [5.74, 6) is 1.77. The van der Waals surface area contributed by atoms with Crippen LogP contribution in [-0.4, -0.2) is 34.2 Å². The summed E-state index contributed by atoms with van der Waals surface area (Å²) in [6.45, 7) is 2.14. The number of nitrogens with zero attached hydrogens (tertiary/aromatic N) is 3. The van der Waals surface area contributed by atoms with Gasteiger partial charge in [0.05, 0.1) is 6.54 Å². The lowest BCUT2D eigenvalue weighted by Crippen LogP contribution is -2.46. The molecule has 0 radical (unpaired) electrons. The Kier molecular flexibility index (Phi) is 2.72. The van der Waals surface area contributed by atoms with E-state index in [0.717, 1.165) is 38.2 Å². The summed E-state index contributed by atoms with van der Waals surface area (Å²) >= 11 is 0. The Bertz CT molecular complexity index is 519. The number of nitrogens with one attached hydrogen (secondary N) is 1. The van der Waals surface area contributed by atoms with Crippen molar-refractivity contribution in [2.45, 2.75) is 51.0 Å². The molecule has 1 aromatic rings. The molecule has 1 aromatic heterocycles. The molecule has 0 aromatic carbocycles. The predicted octanol–water partition coefficient (Wildman–Crippen LogP) is 2.03. The Morgan fingerprint density at radius 2 is 2.25 bits per heavy atom. The van der Waals surface area contributed by atoms with E-state index in [4.69, 9.17) is 4.52 Å². The minimum absolute atomic E-state index is 0.00810. The van der Waals surface area contributed by atoms with Crippen molar-refractivity contribution in [3.63, 3.8) is 0 Å². The van der Waals surface area contributed by atoms with Crippen molar-refractivity contribution in [3.05, 3.63) is 11.7 Å². The minimum atomic E-state index is 0.00810. The zero-order valence-corrected chi connectivity index (χ0v) is 11.6. The van der Waals surface area contributed by atoms with Crippen molar-refractivity contribution in [2.75, 3.05) is 13.1 Å². The first kappa shape index (κ1) is 12.2. The molecule has 0 bridgehead atoms. The number of piperidine rings is 1. The van der Waals surface area contributed by atoms with Crippen LogP contribution in [0.3, 0.4) is 0 Å². The first-order chi connectivity index (χ1) is 9.74. The Balaban J connectivity index is 1.30. The van der Waals surface area contributed by atoms with E-state index < -0.39 is 0 Å². The Labute approximate surface area is 117 Å². The highest BCUT2D eigenvalue weighted by Crippen LogP contribution is 2.51. The predicted molar refractivity (Wildman–Crippen MR) is 71.0 cm³/mol. The maximum atomic E-state index is 12.2. The second-order valence-corrected chi connectivity index (χ2v) is 6.51. The lowest BCUT2D eigenvalue weighted by atomic mass is 9.95. The molecule has 4 rings (SSSR count). The standard InChI is InChI=1S/C14H20N4O2/c19-13(18-7-1-4-14(9-18)5-6-14)15-8-11-16-12(20-17-11)10-2-3-10/h10H,1-9H2,(H,15,19). The van der Waals surface area contributed by atoms with Crippen LogP contribution in [-0.2, 0) is 6.54 Å². The highest BCUT2D eigenvalue weighted by Gasteiger charge is 2.46.